The second-order valence-corrected chi connectivity index (χ2v) is 6.36. The van der Waals surface area contributed by atoms with Crippen LogP contribution in [0.15, 0.2) is 9.64 Å². The highest BCUT2D eigenvalue weighted by Crippen LogP contribution is 2.28. The van der Waals surface area contributed by atoms with Gasteiger partial charge >= 0.3 is 5.97 Å². The second-order valence-electron chi connectivity index (χ2n) is 4.97. The van der Waals surface area contributed by atoms with E-state index in [0.717, 1.165) is 13.0 Å². The van der Waals surface area contributed by atoms with E-state index in [2.05, 4.69) is 22.4 Å². The monoisotopic (exact) mass is 301 g/mol. The summed E-state index contributed by atoms with van der Waals surface area (Å²) >= 11 is 1.46. The molecule has 0 saturated heterocycles. The third-order valence-corrected chi connectivity index (χ3v) is 3.84. The quantitative estimate of drug-likeness (QED) is 0.582. The van der Waals surface area contributed by atoms with Gasteiger partial charge in [-0.3, -0.25) is 4.79 Å². The van der Waals surface area contributed by atoms with Gasteiger partial charge in [-0.15, -0.1) is 10.2 Å². The molecule has 7 heteroatoms. The summed E-state index contributed by atoms with van der Waals surface area (Å²) in [6, 6.07) is 0. The average molecular weight is 301 g/mol. The van der Waals surface area contributed by atoms with Gasteiger partial charge in [0.25, 0.3) is 5.22 Å². The van der Waals surface area contributed by atoms with Gasteiger partial charge in [-0.1, -0.05) is 25.6 Å². The standard InChI is InChI=1S/C13H23N3O3S/c1-6-7-14-13(4,11(17)18-5)8-9(2)20-12-16-15-10(3)19-12/h9,14H,6-8H2,1-5H3. The van der Waals surface area contributed by atoms with Gasteiger partial charge in [0.2, 0.25) is 5.89 Å². The van der Waals surface area contributed by atoms with Crippen molar-refractivity contribution in [2.45, 2.75) is 56.5 Å². The van der Waals surface area contributed by atoms with Crippen molar-refractivity contribution in [1.82, 2.24) is 15.5 Å². The summed E-state index contributed by atoms with van der Waals surface area (Å²) in [5.74, 6) is 0.291. The van der Waals surface area contributed by atoms with E-state index in [1.54, 1.807) is 6.92 Å². The molecule has 2 unspecified atom stereocenters. The van der Waals surface area contributed by atoms with Crippen molar-refractivity contribution in [3.05, 3.63) is 5.89 Å². The van der Waals surface area contributed by atoms with Crippen LogP contribution in [0.5, 0.6) is 0 Å². The van der Waals surface area contributed by atoms with Crippen molar-refractivity contribution >= 4 is 17.7 Å². The Hall–Kier alpha value is -1.08. The van der Waals surface area contributed by atoms with Gasteiger partial charge in [0.1, 0.15) is 5.54 Å². The van der Waals surface area contributed by atoms with Crippen molar-refractivity contribution in [1.29, 1.82) is 0 Å². The Bertz CT molecular complexity index is 438. The molecule has 0 aromatic carbocycles. The smallest absolute Gasteiger partial charge is 0.325 e. The largest absolute Gasteiger partial charge is 0.468 e. The summed E-state index contributed by atoms with van der Waals surface area (Å²) in [4.78, 5) is 12.0. The predicted octanol–water partition coefficient (Wildman–Crippen LogP) is 2.18. The minimum atomic E-state index is -0.702. The van der Waals surface area contributed by atoms with E-state index >= 15 is 0 Å². The molecule has 114 valence electrons. The number of rotatable bonds is 8. The second kappa shape index (κ2) is 7.64. The van der Waals surface area contributed by atoms with Crippen LogP contribution in [-0.4, -0.2) is 40.6 Å². The lowest BCUT2D eigenvalue weighted by Crippen LogP contribution is -2.51. The fourth-order valence-corrected chi connectivity index (χ4v) is 2.99. The van der Waals surface area contributed by atoms with Gasteiger partial charge in [-0.05, 0) is 26.3 Å². The minimum absolute atomic E-state index is 0.142. The van der Waals surface area contributed by atoms with Crippen LogP contribution in [0.3, 0.4) is 0 Å². The summed E-state index contributed by atoms with van der Waals surface area (Å²) in [6.07, 6.45) is 1.57. The van der Waals surface area contributed by atoms with Crippen LogP contribution in [0.1, 0.15) is 39.5 Å². The lowest BCUT2D eigenvalue weighted by Gasteiger charge is -2.30. The van der Waals surface area contributed by atoms with Crippen molar-refractivity contribution in [2.75, 3.05) is 13.7 Å². The molecule has 20 heavy (non-hydrogen) atoms. The normalized spacial score (nSPS) is 15.7. The topological polar surface area (TPSA) is 77.3 Å². The first kappa shape index (κ1) is 17.0. The number of carbonyl (C=O) groups excluding carboxylic acids is 1. The lowest BCUT2D eigenvalue weighted by atomic mass is 9.96. The fraction of sp³-hybridized carbons (Fsp3) is 0.769. The number of hydrogen-bond acceptors (Lipinski definition) is 7. The molecule has 1 aromatic rings. The Morgan fingerprint density at radius 2 is 2.25 bits per heavy atom. The van der Waals surface area contributed by atoms with Gasteiger partial charge < -0.3 is 14.5 Å². The van der Waals surface area contributed by atoms with E-state index in [0.29, 0.717) is 17.5 Å². The molecule has 0 amide bonds. The summed E-state index contributed by atoms with van der Waals surface area (Å²) in [6.45, 7) is 8.47. The zero-order valence-electron chi connectivity index (χ0n) is 12.7. The molecule has 0 fully saturated rings. The average Bonchev–Trinajstić information content (AvgIpc) is 2.80. The molecule has 0 bridgehead atoms. The van der Waals surface area contributed by atoms with Gasteiger partial charge in [0.15, 0.2) is 0 Å². The first-order valence-electron chi connectivity index (χ1n) is 6.71. The van der Waals surface area contributed by atoms with Gasteiger partial charge in [0, 0.05) is 12.2 Å². The molecule has 0 saturated carbocycles. The van der Waals surface area contributed by atoms with Crippen LogP contribution >= 0.6 is 11.8 Å². The zero-order valence-corrected chi connectivity index (χ0v) is 13.5. The Balaban J connectivity index is 2.65. The number of aryl methyl sites for hydroxylation is 1. The summed E-state index contributed by atoms with van der Waals surface area (Å²) in [5.41, 5.74) is -0.702. The van der Waals surface area contributed by atoms with E-state index in [-0.39, 0.29) is 11.2 Å². The zero-order chi connectivity index (χ0) is 15.2. The van der Waals surface area contributed by atoms with Crippen molar-refractivity contribution in [2.24, 2.45) is 0 Å². The van der Waals surface area contributed by atoms with E-state index in [9.17, 15) is 4.79 Å². The van der Waals surface area contributed by atoms with Gasteiger partial charge in [-0.2, -0.15) is 0 Å². The maximum atomic E-state index is 12.0. The first-order valence-corrected chi connectivity index (χ1v) is 7.59. The first-order chi connectivity index (χ1) is 9.41. The van der Waals surface area contributed by atoms with E-state index in [4.69, 9.17) is 9.15 Å². The molecular weight excluding hydrogens is 278 g/mol. The number of thioether (sulfide) groups is 1. The number of methoxy groups -OCH3 is 1. The molecule has 0 aliphatic carbocycles. The van der Waals surface area contributed by atoms with Crippen LogP contribution in [0.4, 0.5) is 0 Å². The van der Waals surface area contributed by atoms with Gasteiger partial charge in [-0.25, -0.2) is 0 Å². The molecule has 2 atom stereocenters. The van der Waals surface area contributed by atoms with E-state index in [1.807, 2.05) is 13.8 Å². The molecule has 0 aliphatic heterocycles. The van der Waals surface area contributed by atoms with Crippen LogP contribution in [0, 0.1) is 6.92 Å². The van der Waals surface area contributed by atoms with Crippen molar-refractivity contribution in [3.63, 3.8) is 0 Å². The Kier molecular flexibility index (Phi) is 6.48. The SMILES string of the molecule is CCCNC(C)(CC(C)Sc1nnc(C)o1)C(=O)OC. The molecule has 0 aliphatic rings. The van der Waals surface area contributed by atoms with E-state index in [1.165, 1.54) is 18.9 Å². The number of nitrogens with one attached hydrogen (secondary N) is 1. The van der Waals surface area contributed by atoms with Crippen LogP contribution in [-0.2, 0) is 9.53 Å². The van der Waals surface area contributed by atoms with Gasteiger partial charge in [0.05, 0.1) is 7.11 Å². The molecule has 1 N–H and O–H groups in total. The Morgan fingerprint density at radius 3 is 2.75 bits per heavy atom. The number of nitrogens with zero attached hydrogens (tertiary/aromatic N) is 2. The third-order valence-electron chi connectivity index (χ3n) is 2.91. The Morgan fingerprint density at radius 1 is 1.55 bits per heavy atom. The van der Waals surface area contributed by atoms with Crippen LogP contribution in [0.25, 0.3) is 0 Å². The lowest BCUT2D eigenvalue weighted by molar-refractivity contribution is -0.148. The van der Waals surface area contributed by atoms with Crippen molar-refractivity contribution in [3.8, 4) is 0 Å². The molecule has 1 heterocycles. The maximum absolute atomic E-state index is 12.0. The fourth-order valence-electron chi connectivity index (χ4n) is 1.97. The number of esters is 1. The Labute approximate surface area is 124 Å². The number of aromatic nitrogens is 2. The molecule has 1 aromatic heterocycles. The number of carbonyl (C=O) groups is 1. The molecule has 1 rings (SSSR count). The summed E-state index contributed by atoms with van der Waals surface area (Å²) in [7, 11) is 1.41. The van der Waals surface area contributed by atoms with Crippen LogP contribution in [0.2, 0.25) is 0 Å². The molecular formula is C13H23N3O3S. The minimum Gasteiger partial charge on any atom is -0.468 e. The maximum Gasteiger partial charge on any atom is 0.325 e. The highest BCUT2D eigenvalue weighted by molar-refractivity contribution is 7.99. The predicted molar refractivity (Wildman–Crippen MR) is 77.7 cm³/mol. The summed E-state index contributed by atoms with van der Waals surface area (Å²) in [5, 5.41) is 11.7. The third kappa shape index (κ3) is 4.79. The highest BCUT2D eigenvalue weighted by atomic mass is 32.2. The van der Waals surface area contributed by atoms with Crippen molar-refractivity contribution < 1.29 is 13.9 Å². The van der Waals surface area contributed by atoms with E-state index < -0.39 is 5.54 Å². The molecule has 0 spiro atoms. The number of ether oxygens (including phenoxy) is 1. The summed E-state index contributed by atoms with van der Waals surface area (Å²) < 4.78 is 10.2. The molecule has 0 radical (unpaired) electrons. The number of hydrogen-bond donors (Lipinski definition) is 1. The molecule has 6 nitrogen and oxygen atoms in total. The van der Waals surface area contributed by atoms with Crippen LogP contribution < -0.4 is 5.32 Å². The highest BCUT2D eigenvalue weighted by Gasteiger charge is 2.35.